The Labute approximate surface area is 125 Å². The third kappa shape index (κ3) is 3.14. The van der Waals surface area contributed by atoms with Gasteiger partial charge in [-0.25, -0.2) is 9.78 Å². The van der Waals surface area contributed by atoms with Crippen molar-refractivity contribution in [2.75, 3.05) is 6.61 Å². The second-order valence-electron chi connectivity index (χ2n) is 4.52. The van der Waals surface area contributed by atoms with Gasteiger partial charge in [0.25, 0.3) is 5.91 Å². The van der Waals surface area contributed by atoms with E-state index in [9.17, 15) is 9.59 Å². The van der Waals surface area contributed by atoms with Crippen molar-refractivity contribution in [2.45, 2.75) is 6.54 Å². The third-order valence-corrected chi connectivity index (χ3v) is 2.95. The van der Waals surface area contributed by atoms with E-state index in [0.29, 0.717) is 11.4 Å². The van der Waals surface area contributed by atoms with Crippen LogP contribution in [0.2, 0.25) is 0 Å². The van der Waals surface area contributed by atoms with Crippen LogP contribution in [0.25, 0.3) is 5.65 Å². The molecular formula is C15H13N3O4. The molecule has 0 aliphatic rings. The molecule has 1 N–H and O–H groups in total. The number of hydrogen-bond donors (Lipinski definition) is 1. The molecule has 3 aromatic rings. The number of esters is 1. The average Bonchev–Trinajstić information content (AvgIpc) is 3.19. The van der Waals surface area contributed by atoms with E-state index < -0.39 is 11.9 Å². The molecule has 0 bridgehead atoms. The highest BCUT2D eigenvalue weighted by Crippen LogP contribution is 2.05. The normalized spacial score (nSPS) is 10.5. The van der Waals surface area contributed by atoms with Crippen LogP contribution < -0.4 is 5.32 Å². The number of aromatic nitrogens is 2. The van der Waals surface area contributed by atoms with Crippen molar-refractivity contribution < 1.29 is 18.7 Å². The molecule has 7 nitrogen and oxygen atoms in total. The first-order chi connectivity index (χ1) is 10.7. The smallest absolute Gasteiger partial charge is 0.359 e. The van der Waals surface area contributed by atoms with Gasteiger partial charge in [-0.05, 0) is 24.3 Å². The zero-order valence-electron chi connectivity index (χ0n) is 11.6. The minimum Gasteiger partial charge on any atom is -0.467 e. The number of amides is 1. The number of ether oxygens (including phenoxy) is 1. The second kappa shape index (κ2) is 6.13. The Morgan fingerprint density at radius 2 is 2.18 bits per heavy atom. The highest BCUT2D eigenvalue weighted by molar-refractivity contribution is 5.90. The van der Waals surface area contributed by atoms with Crippen LogP contribution in [0.1, 0.15) is 16.2 Å². The van der Waals surface area contributed by atoms with Crippen LogP contribution in [0.15, 0.2) is 53.4 Å². The molecule has 0 spiro atoms. The van der Waals surface area contributed by atoms with Gasteiger partial charge in [-0.3, -0.25) is 4.79 Å². The van der Waals surface area contributed by atoms with Crippen molar-refractivity contribution >= 4 is 17.5 Å². The molecule has 0 aliphatic heterocycles. The first-order valence-corrected chi connectivity index (χ1v) is 6.62. The van der Waals surface area contributed by atoms with Crippen molar-refractivity contribution in [1.82, 2.24) is 14.7 Å². The van der Waals surface area contributed by atoms with E-state index >= 15 is 0 Å². The molecule has 3 aromatic heterocycles. The SMILES string of the molecule is O=C(COC(=O)c1cn2ccccc2n1)NCc1ccco1. The number of nitrogens with one attached hydrogen (secondary N) is 1. The maximum atomic E-state index is 11.9. The summed E-state index contributed by atoms with van der Waals surface area (Å²) in [5.41, 5.74) is 0.793. The lowest BCUT2D eigenvalue weighted by atomic mass is 10.4. The van der Waals surface area contributed by atoms with Crippen LogP contribution in [0.3, 0.4) is 0 Å². The van der Waals surface area contributed by atoms with Gasteiger partial charge in [0, 0.05) is 12.4 Å². The predicted octanol–water partition coefficient (Wildman–Crippen LogP) is 1.40. The quantitative estimate of drug-likeness (QED) is 0.720. The molecule has 3 heterocycles. The molecule has 0 atom stereocenters. The van der Waals surface area contributed by atoms with Gasteiger partial charge >= 0.3 is 5.97 Å². The Morgan fingerprint density at radius 3 is 2.95 bits per heavy atom. The Hall–Kier alpha value is -3.09. The van der Waals surface area contributed by atoms with E-state index in [2.05, 4.69) is 10.3 Å². The second-order valence-corrected chi connectivity index (χ2v) is 4.52. The first kappa shape index (κ1) is 13.9. The van der Waals surface area contributed by atoms with Crippen LogP contribution in [0.5, 0.6) is 0 Å². The monoisotopic (exact) mass is 299 g/mol. The minimum absolute atomic E-state index is 0.157. The number of fused-ring (bicyclic) bond motifs is 1. The number of furan rings is 1. The van der Waals surface area contributed by atoms with Gasteiger partial charge in [0.05, 0.1) is 12.8 Å². The highest BCUT2D eigenvalue weighted by Gasteiger charge is 2.14. The van der Waals surface area contributed by atoms with Crippen LogP contribution in [-0.4, -0.2) is 27.9 Å². The number of nitrogens with zero attached hydrogens (tertiary/aromatic N) is 2. The van der Waals surface area contributed by atoms with Gasteiger partial charge in [-0.2, -0.15) is 0 Å². The Morgan fingerprint density at radius 1 is 1.27 bits per heavy atom. The lowest BCUT2D eigenvalue weighted by molar-refractivity contribution is -0.124. The van der Waals surface area contributed by atoms with Crippen LogP contribution in [-0.2, 0) is 16.1 Å². The van der Waals surface area contributed by atoms with E-state index in [1.807, 2.05) is 12.1 Å². The summed E-state index contributed by atoms with van der Waals surface area (Å²) in [6.45, 7) is -0.120. The Balaban J connectivity index is 1.52. The molecule has 112 valence electrons. The Bertz CT molecular complexity index is 759. The average molecular weight is 299 g/mol. The van der Waals surface area contributed by atoms with Gasteiger partial charge < -0.3 is 18.9 Å². The van der Waals surface area contributed by atoms with Crippen molar-refractivity contribution in [1.29, 1.82) is 0 Å². The molecule has 7 heteroatoms. The van der Waals surface area contributed by atoms with E-state index in [1.54, 1.807) is 35.0 Å². The van der Waals surface area contributed by atoms with Gasteiger partial charge in [0.2, 0.25) is 0 Å². The molecule has 3 rings (SSSR count). The molecule has 0 saturated carbocycles. The zero-order valence-corrected chi connectivity index (χ0v) is 11.6. The fourth-order valence-electron chi connectivity index (χ4n) is 1.89. The third-order valence-electron chi connectivity index (χ3n) is 2.95. The molecule has 0 unspecified atom stereocenters. The number of imidazole rings is 1. The van der Waals surface area contributed by atoms with Crippen molar-refractivity contribution in [3.05, 3.63) is 60.4 Å². The van der Waals surface area contributed by atoms with Crippen molar-refractivity contribution in [3.8, 4) is 0 Å². The van der Waals surface area contributed by atoms with Crippen LogP contribution in [0.4, 0.5) is 0 Å². The highest BCUT2D eigenvalue weighted by atomic mass is 16.5. The lowest BCUT2D eigenvalue weighted by Gasteiger charge is -2.03. The minimum atomic E-state index is -0.642. The molecule has 22 heavy (non-hydrogen) atoms. The topological polar surface area (TPSA) is 85.8 Å². The summed E-state index contributed by atoms with van der Waals surface area (Å²) in [5, 5.41) is 2.58. The molecule has 0 aromatic carbocycles. The fourth-order valence-corrected chi connectivity index (χ4v) is 1.89. The molecule has 0 saturated heterocycles. The maximum Gasteiger partial charge on any atom is 0.359 e. The number of pyridine rings is 1. The maximum absolute atomic E-state index is 11.9. The summed E-state index contributed by atoms with van der Waals surface area (Å²) in [7, 11) is 0. The first-order valence-electron chi connectivity index (χ1n) is 6.62. The van der Waals surface area contributed by atoms with Crippen molar-refractivity contribution in [2.24, 2.45) is 0 Å². The molecular weight excluding hydrogens is 286 g/mol. The lowest BCUT2D eigenvalue weighted by Crippen LogP contribution is -2.28. The molecule has 0 radical (unpaired) electrons. The molecule has 0 fully saturated rings. The summed E-state index contributed by atoms with van der Waals surface area (Å²) in [5.74, 6) is -0.426. The number of hydrogen-bond acceptors (Lipinski definition) is 5. The fraction of sp³-hybridized carbons (Fsp3) is 0.133. The van der Waals surface area contributed by atoms with Gasteiger partial charge in [-0.1, -0.05) is 6.07 Å². The summed E-state index contributed by atoms with van der Waals surface area (Å²) in [4.78, 5) is 27.6. The number of rotatable bonds is 5. The van der Waals surface area contributed by atoms with Crippen LogP contribution in [0, 0.1) is 0 Å². The molecule has 1 amide bonds. The standard InChI is InChI=1S/C15H13N3O4/c19-14(16-8-11-4-3-7-21-11)10-22-15(20)12-9-18-6-2-1-5-13(18)17-12/h1-7,9H,8,10H2,(H,16,19). The molecule has 0 aliphatic carbocycles. The number of carbonyl (C=O) groups excluding carboxylic acids is 2. The van der Waals surface area contributed by atoms with Gasteiger partial charge in [0.1, 0.15) is 11.4 Å². The Kier molecular flexibility index (Phi) is 3.86. The zero-order chi connectivity index (χ0) is 15.4. The van der Waals surface area contributed by atoms with E-state index in [1.165, 1.54) is 6.26 Å². The van der Waals surface area contributed by atoms with Gasteiger partial charge in [-0.15, -0.1) is 0 Å². The van der Waals surface area contributed by atoms with E-state index in [-0.39, 0.29) is 18.8 Å². The van der Waals surface area contributed by atoms with Gasteiger partial charge in [0.15, 0.2) is 12.3 Å². The largest absolute Gasteiger partial charge is 0.467 e. The predicted molar refractivity (Wildman–Crippen MR) is 76.0 cm³/mol. The summed E-state index contributed by atoms with van der Waals surface area (Å²) < 4.78 is 11.7. The number of carbonyl (C=O) groups is 2. The summed E-state index contributed by atoms with van der Waals surface area (Å²) in [6.07, 6.45) is 4.85. The van der Waals surface area contributed by atoms with Crippen molar-refractivity contribution in [3.63, 3.8) is 0 Å². The van der Waals surface area contributed by atoms with E-state index in [0.717, 1.165) is 0 Å². The summed E-state index contributed by atoms with van der Waals surface area (Å²) in [6, 6.07) is 8.88. The van der Waals surface area contributed by atoms with E-state index in [4.69, 9.17) is 9.15 Å². The van der Waals surface area contributed by atoms with Crippen LogP contribution >= 0.6 is 0 Å². The summed E-state index contributed by atoms with van der Waals surface area (Å²) >= 11 is 0.